The number of carbonyl (C=O) groups excluding carboxylic acids is 3. The molecule has 2 aliphatic carbocycles. The molecule has 1 spiro atoms. The lowest BCUT2D eigenvalue weighted by Crippen LogP contribution is -2.51. The van der Waals surface area contributed by atoms with Gasteiger partial charge in [-0.2, -0.15) is 5.10 Å². The third kappa shape index (κ3) is 4.14. The number of H-pyrrole nitrogens is 1. The van der Waals surface area contributed by atoms with E-state index >= 15 is 0 Å². The van der Waals surface area contributed by atoms with Crippen molar-refractivity contribution in [2.75, 3.05) is 6.54 Å². The van der Waals surface area contributed by atoms with Gasteiger partial charge in [0.05, 0.1) is 6.54 Å². The lowest BCUT2D eigenvalue weighted by atomic mass is 9.65. The highest BCUT2D eigenvalue weighted by atomic mass is 32.1. The van der Waals surface area contributed by atoms with E-state index in [-0.39, 0.29) is 24.4 Å². The van der Waals surface area contributed by atoms with Crippen LogP contribution in [0.3, 0.4) is 0 Å². The van der Waals surface area contributed by atoms with Gasteiger partial charge in [-0.3, -0.25) is 24.2 Å². The second kappa shape index (κ2) is 8.03. The van der Waals surface area contributed by atoms with E-state index in [4.69, 9.17) is 12.2 Å². The van der Waals surface area contributed by atoms with E-state index in [0.717, 1.165) is 37.0 Å². The Morgan fingerprint density at radius 2 is 1.94 bits per heavy atom. The summed E-state index contributed by atoms with van der Waals surface area (Å²) in [4.78, 5) is 39.2. The monoisotopic (exact) mass is 448 g/mol. The Morgan fingerprint density at radius 3 is 2.55 bits per heavy atom. The van der Waals surface area contributed by atoms with Crippen LogP contribution in [0.4, 0.5) is 4.79 Å². The zero-order valence-electron chi connectivity index (χ0n) is 18.5. The average Bonchev–Trinajstić information content (AvgIpc) is 3.47. The van der Waals surface area contributed by atoms with Crippen LogP contribution in [0, 0.1) is 16.1 Å². The highest BCUT2D eigenvalue weighted by molar-refractivity contribution is 7.71. The number of hydrogen-bond acceptors (Lipinski definition) is 5. The van der Waals surface area contributed by atoms with Crippen molar-refractivity contribution in [3.05, 3.63) is 10.6 Å². The summed E-state index contributed by atoms with van der Waals surface area (Å²) in [6, 6.07) is -0.134. The number of amides is 4. The lowest BCUT2D eigenvalue weighted by Gasteiger charge is -2.42. The quantitative estimate of drug-likeness (QED) is 0.439. The number of aromatic nitrogens is 3. The predicted octanol–water partition coefficient (Wildman–Crippen LogP) is 2.81. The molecule has 1 aromatic heterocycles. The first-order valence-corrected chi connectivity index (χ1v) is 11.6. The van der Waals surface area contributed by atoms with E-state index in [9.17, 15) is 14.4 Å². The SMILES string of the molecule is CCC(C)(C)C1CCC2(CC1)NC(=O)N(CC(=O)NCc1n[nH]c(=S)n1C1CC1)C2=O. The molecule has 0 unspecified atom stereocenters. The second-order valence-corrected chi connectivity index (χ2v) is 10.2. The minimum Gasteiger partial charge on any atom is -0.347 e. The van der Waals surface area contributed by atoms with E-state index < -0.39 is 17.5 Å². The molecule has 2 heterocycles. The van der Waals surface area contributed by atoms with E-state index in [1.54, 1.807) is 0 Å². The van der Waals surface area contributed by atoms with Crippen molar-refractivity contribution in [2.24, 2.45) is 11.3 Å². The third-order valence-corrected chi connectivity index (χ3v) is 7.82. The van der Waals surface area contributed by atoms with E-state index in [0.29, 0.717) is 35.4 Å². The fourth-order valence-electron chi connectivity index (χ4n) is 4.89. The van der Waals surface area contributed by atoms with E-state index in [1.165, 1.54) is 0 Å². The molecule has 1 saturated heterocycles. The Morgan fingerprint density at radius 1 is 1.26 bits per heavy atom. The number of urea groups is 1. The largest absolute Gasteiger partial charge is 0.347 e. The maximum absolute atomic E-state index is 13.1. The molecule has 2 saturated carbocycles. The molecule has 0 atom stereocenters. The highest BCUT2D eigenvalue weighted by Crippen LogP contribution is 2.45. The zero-order chi connectivity index (χ0) is 22.4. The molecule has 0 bridgehead atoms. The summed E-state index contributed by atoms with van der Waals surface area (Å²) in [5.74, 6) is 0.525. The fraction of sp³-hybridized carbons (Fsp3) is 0.762. The van der Waals surface area contributed by atoms with Crippen molar-refractivity contribution in [1.29, 1.82) is 0 Å². The molecule has 0 radical (unpaired) electrons. The van der Waals surface area contributed by atoms with E-state index in [2.05, 4.69) is 41.6 Å². The maximum atomic E-state index is 13.1. The molecule has 3 N–H and O–H groups in total. The van der Waals surface area contributed by atoms with Gasteiger partial charge in [0.15, 0.2) is 10.6 Å². The predicted molar refractivity (Wildman–Crippen MR) is 117 cm³/mol. The second-order valence-electron chi connectivity index (χ2n) is 9.84. The van der Waals surface area contributed by atoms with Crippen LogP contribution in [-0.4, -0.2) is 49.6 Å². The van der Waals surface area contributed by atoms with Crippen LogP contribution in [0.2, 0.25) is 0 Å². The van der Waals surface area contributed by atoms with Crippen molar-refractivity contribution in [3.8, 4) is 0 Å². The van der Waals surface area contributed by atoms with Gasteiger partial charge in [-0.1, -0.05) is 27.2 Å². The lowest BCUT2D eigenvalue weighted by molar-refractivity contribution is -0.136. The molecular weight excluding hydrogens is 416 g/mol. The highest BCUT2D eigenvalue weighted by Gasteiger charge is 2.53. The summed E-state index contributed by atoms with van der Waals surface area (Å²) in [6.45, 7) is 6.64. The van der Waals surface area contributed by atoms with Crippen molar-refractivity contribution in [1.82, 2.24) is 30.3 Å². The molecule has 1 aliphatic heterocycles. The Labute approximate surface area is 187 Å². The first-order valence-electron chi connectivity index (χ1n) is 11.2. The van der Waals surface area contributed by atoms with Gasteiger partial charge < -0.3 is 10.6 Å². The Hall–Kier alpha value is -2.23. The summed E-state index contributed by atoms with van der Waals surface area (Å²) in [6.07, 6.45) is 6.24. The summed E-state index contributed by atoms with van der Waals surface area (Å²) in [5.41, 5.74) is -0.632. The maximum Gasteiger partial charge on any atom is 0.325 e. The average molecular weight is 449 g/mol. The van der Waals surface area contributed by atoms with Crippen LogP contribution in [0.1, 0.15) is 77.6 Å². The van der Waals surface area contributed by atoms with Crippen LogP contribution >= 0.6 is 12.2 Å². The van der Waals surface area contributed by atoms with Crippen molar-refractivity contribution < 1.29 is 14.4 Å². The molecule has 1 aromatic rings. The van der Waals surface area contributed by atoms with Crippen LogP contribution in [0.5, 0.6) is 0 Å². The van der Waals surface area contributed by atoms with Crippen LogP contribution in [-0.2, 0) is 16.1 Å². The zero-order valence-corrected chi connectivity index (χ0v) is 19.3. The molecule has 170 valence electrons. The number of nitrogens with one attached hydrogen (secondary N) is 3. The first-order chi connectivity index (χ1) is 14.7. The van der Waals surface area contributed by atoms with Crippen molar-refractivity contribution in [3.63, 3.8) is 0 Å². The van der Waals surface area contributed by atoms with Gasteiger partial charge in [0, 0.05) is 6.04 Å². The van der Waals surface area contributed by atoms with Gasteiger partial charge in [-0.05, 0) is 62.1 Å². The van der Waals surface area contributed by atoms with Gasteiger partial charge in [0.25, 0.3) is 5.91 Å². The summed E-state index contributed by atoms with van der Waals surface area (Å²) >= 11 is 5.25. The van der Waals surface area contributed by atoms with Crippen molar-refractivity contribution in [2.45, 2.75) is 83.8 Å². The topological polar surface area (TPSA) is 112 Å². The fourth-order valence-corrected chi connectivity index (χ4v) is 5.19. The summed E-state index contributed by atoms with van der Waals surface area (Å²) < 4.78 is 2.47. The number of rotatable bonds is 7. The first kappa shape index (κ1) is 22.0. The number of carbonyl (C=O) groups is 3. The summed E-state index contributed by atoms with van der Waals surface area (Å²) in [5, 5.41) is 12.6. The Kier molecular flexibility index (Phi) is 5.70. The van der Waals surface area contributed by atoms with Gasteiger partial charge in [-0.25, -0.2) is 4.79 Å². The molecule has 9 nitrogen and oxygen atoms in total. The molecular formula is C21H32N6O3S. The van der Waals surface area contributed by atoms with Gasteiger partial charge >= 0.3 is 6.03 Å². The number of nitrogens with zero attached hydrogens (tertiary/aromatic N) is 3. The van der Waals surface area contributed by atoms with Gasteiger partial charge in [-0.15, -0.1) is 0 Å². The number of aromatic amines is 1. The molecule has 4 rings (SSSR count). The normalized spacial score (nSPS) is 26.4. The Bertz CT molecular complexity index is 939. The van der Waals surface area contributed by atoms with Gasteiger partial charge in [0.2, 0.25) is 5.91 Å². The minimum atomic E-state index is -0.855. The summed E-state index contributed by atoms with van der Waals surface area (Å²) in [7, 11) is 0. The van der Waals surface area contributed by atoms with Crippen molar-refractivity contribution >= 4 is 30.1 Å². The molecule has 31 heavy (non-hydrogen) atoms. The Balaban J connectivity index is 1.34. The van der Waals surface area contributed by atoms with Gasteiger partial charge in [0.1, 0.15) is 12.1 Å². The molecule has 3 fully saturated rings. The van der Waals surface area contributed by atoms with Crippen LogP contribution in [0.15, 0.2) is 0 Å². The molecule has 3 aliphatic rings. The molecule has 10 heteroatoms. The number of hydrogen-bond donors (Lipinski definition) is 3. The minimum absolute atomic E-state index is 0.199. The van der Waals surface area contributed by atoms with Crippen LogP contribution < -0.4 is 10.6 Å². The van der Waals surface area contributed by atoms with E-state index in [1.807, 2.05) is 4.57 Å². The standard InChI is InChI=1S/C21H32N6O3S/c1-4-20(2,3)13-7-9-21(10-8-13)17(29)26(18(30)23-21)12-16(28)22-11-15-24-25-19(31)27(15)14-5-6-14/h13-14H,4-12H2,1-3H3,(H,22,28)(H,23,30)(H,25,31). The molecule has 0 aromatic carbocycles. The van der Waals surface area contributed by atoms with Crippen LogP contribution in [0.25, 0.3) is 0 Å². The third-order valence-electron chi connectivity index (χ3n) is 7.54. The smallest absolute Gasteiger partial charge is 0.325 e. The molecule has 4 amide bonds. The number of imide groups is 1.